The molecule has 0 saturated carbocycles. The lowest BCUT2D eigenvalue weighted by atomic mass is 9.98. The van der Waals surface area contributed by atoms with Gasteiger partial charge in [0.2, 0.25) is 0 Å². The van der Waals surface area contributed by atoms with E-state index in [1.54, 1.807) is 0 Å². The zero-order valence-electron chi connectivity index (χ0n) is 11.9. The van der Waals surface area contributed by atoms with Crippen molar-refractivity contribution < 1.29 is 14.3 Å². The molecule has 0 N–H and O–H groups in total. The first-order valence-corrected chi connectivity index (χ1v) is 6.15. The number of esters is 1. The molecule has 0 amide bonds. The molecule has 0 radical (unpaired) electrons. The van der Waals surface area contributed by atoms with Crippen LogP contribution in [-0.2, 0) is 14.3 Å². The van der Waals surface area contributed by atoms with Crippen molar-refractivity contribution in [2.24, 2.45) is 5.92 Å². The van der Waals surface area contributed by atoms with E-state index in [9.17, 15) is 4.79 Å². The van der Waals surface area contributed by atoms with Gasteiger partial charge in [-0.3, -0.25) is 9.69 Å². The number of carbonyl (C=O) groups is 1. The summed E-state index contributed by atoms with van der Waals surface area (Å²) in [6.45, 7) is 12.7. The van der Waals surface area contributed by atoms with E-state index in [1.165, 1.54) is 7.11 Å². The first-order valence-electron chi connectivity index (χ1n) is 6.15. The minimum atomic E-state index is -0.169. The van der Waals surface area contributed by atoms with Gasteiger partial charge in [0, 0.05) is 19.6 Å². The second-order valence-electron chi connectivity index (χ2n) is 6.22. The molecular weight excluding hydrogens is 218 g/mol. The molecule has 4 nitrogen and oxygen atoms in total. The highest BCUT2D eigenvalue weighted by Crippen LogP contribution is 2.28. The monoisotopic (exact) mass is 243 g/mol. The minimum Gasteiger partial charge on any atom is -0.469 e. The summed E-state index contributed by atoms with van der Waals surface area (Å²) in [5.74, 6) is -0.239. The Morgan fingerprint density at radius 2 is 1.76 bits per heavy atom. The summed E-state index contributed by atoms with van der Waals surface area (Å²) in [6.07, 6.45) is 0. The van der Waals surface area contributed by atoms with Crippen molar-refractivity contribution in [1.29, 1.82) is 0 Å². The number of carbonyl (C=O) groups excluding carboxylic acids is 1. The predicted octanol–water partition coefficient (Wildman–Crippen LogP) is 1.68. The molecule has 0 spiro atoms. The molecule has 1 aliphatic rings. The fourth-order valence-electron chi connectivity index (χ4n) is 2.74. The molecule has 1 rings (SSSR count). The SMILES string of the molecule is COC(=O)C(C)CN1CC(C)(C)OC(C)(C)C1. The summed E-state index contributed by atoms with van der Waals surface area (Å²) in [5, 5.41) is 0. The van der Waals surface area contributed by atoms with Gasteiger partial charge in [-0.15, -0.1) is 0 Å². The van der Waals surface area contributed by atoms with Crippen LogP contribution in [0.3, 0.4) is 0 Å². The third-order valence-corrected chi connectivity index (χ3v) is 2.90. The second-order valence-corrected chi connectivity index (χ2v) is 6.22. The molecule has 1 saturated heterocycles. The zero-order valence-corrected chi connectivity index (χ0v) is 11.9. The van der Waals surface area contributed by atoms with Crippen LogP contribution in [0, 0.1) is 5.92 Å². The quantitative estimate of drug-likeness (QED) is 0.707. The van der Waals surface area contributed by atoms with Crippen LogP contribution in [-0.4, -0.2) is 48.8 Å². The van der Waals surface area contributed by atoms with E-state index in [4.69, 9.17) is 9.47 Å². The van der Waals surface area contributed by atoms with E-state index in [0.29, 0.717) is 0 Å². The molecule has 4 heteroatoms. The van der Waals surface area contributed by atoms with Gasteiger partial charge in [-0.1, -0.05) is 6.92 Å². The first-order chi connectivity index (χ1) is 7.65. The molecule has 0 aromatic carbocycles. The summed E-state index contributed by atoms with van der Waals surface area (Å²) in [4.78, 5) is 13.7. The van der Waals surface area contributed by atoms with Crippen LogP contribution in [0.4, 0.5) is 0 Å². The molecule has 0 aromatic rings. The largest absolute Gasteiger partial charge is 0.469 e. The Kier molecular flexibility index (Phi) is 4.20. The van der Waals surface area contributed by atoms with Gasteiger partial charge in [0.1, 0.15) is 0 Å². The van der Waals surface area contributed by atoms with Gasteiger partial charge in [-0.2, -0.15) is 0 Å². The Morgan fingerprint density at radius 3 is 2.18 bits per heavy atom. The fourth-order valence-corrected chi connectivity index (χ4v) is 2.74. The van der Waals surface area contributed by atoms with Gasteiger partial charge in [0.15, 0.2) is 0 Å². The van der Waals surface area contributed by atoms with Crippen molar-refractivity contribution in [2.75, 3.05) is 26.7 Å². The number of nitrogens with zero attached hydrogens (tertiary/aromatic N) is 1. The van der Waals surface area contributed by atoms with Crippen LogP contribution < -0.4 is 0 Å². The number of rotatable bonds is 3. The summed E-state index contributed by atoms with van der Waals surface area (Å²) >= 11 is 0. The lowest BCUT2D eigenvalue weighted by molar-refractivity contribution is -0.183. The van der Waals surface area contributed by atoms with Gasteiger partial charge in [0.25, 0.3) is 0 Å². The molecule has 1 fully saturated rings. The first kappa shape index (κ1) is 14.5. The summed E-state index contributed by atoms with van der Waals surface area (Å²) < 4.78 is 10.8. The second kappa shape index (κ2) is 4.94. The summed E-state index contributed by atoms with van der Waals surface area (Å²) in [6, 6.07) is 0. The standard InChI is InChI=1S/C13H25NO3/c1-10(11(15)16-6)7-14-8-12(2,3)17-13(4,5)9-14/h10H,7-9H2,1-6H3. The predicted molar refractivity (Wildman–Crippen MR) is 66.9 cm³/mol. The highest BCUT2D eigenvalue weighted by atomic mass is 16.5. The zero-order chi connectivity index (χ0) is 13.3. The van der Waals surface area contributed by atoms with Crippen molar-refractivity contribution in [2.45, 2.75) is 45.8 Å². The average molecular weight is 243 g/mol. The molecule has 0 bridgehead atoms. The van der Waals surface area contributed by atoms with Crippen molar-refractivity contribution in [3.63, 3.8) is 0 Å². The Bertz CT molecular complexity index is 270. The van der Waals surface area contributed by atoms with Crippen LogP contribution in [0.15, 0.2) is 0 Å². The number of hydrogen-bond acceptors (Lipinski definition) is 4. The highest BCUT2D eigenvalue weighted by Gasteiger charge is 2.38. The van der Waals surface area contributed by atoms with Crippen molar-refractivity contribution >= 4 is 5.97 Å². The van der Waals surface area contributed by atoms with Gasteiger partial charge < -0.3 is 9.47 Å². The van der Waals surface area contributed by atoms with Crippen LogP contribution in [0.25, 0.3) is 0 Å². The highest BCUT2D eigenvalue weighted by molar-refractivity contribution is 5.72. The molecular formula is C13H25NO3. The van der Waals surface area contributed by atoms with E-state index in [0.717, 1.165) is 19.6 Å². The number of ether oxygens (including phenoxy) is 2. The fraction of sp³-hybridized carbons (Fsp3) is 0.923. The van der Waals surface area contributed by atoms with Crippen LogP contribution in [0.5, 0.6) is 0 Å². The Hall–Kier alpha value is -0.610. The smallest absolute Gasteiger partial charge is 0.309 e. The van der Waals surface area contributed by atoms with Crippen molar-refractivity contribution in [3.05, 3.63) is 0 Å². The molecule has 1 unspecified atom stereocenters. The van der Waals surface area contributed by atoms with Gasteiger partial charge in [-0.05, 0) is 27.7 Å². The third kappa shape index (κ3) is 4.28. The van der Waals surface area contributed by atoms with E-state index in [-0.39, 0.29) is 23.1 Å². The topological polar surface area (TPSA) is 38.8 Å². The number of morpholine rings is 1. The molecule has 1 atom stereocenters. The van der Waals surface area contributed by atoms with Gasteiger partial charge >= 0.3 is 5.97 Å². The Balaban J connectivity index is 2.62. The van der Waals surface area contributed by atoms with Crippen LogP contribution in [0.2, 0.25) is 0 Å². The molecule has 0 aromatic heterocycles. The van der Waals surface area contributed by atoms with Crippen LogP contribution >= 0.6 is 0 Å². The lowest BCUT2D eigenvalue weighted by Gasteiger charge is -2.47. The maximum Gasteiger partial charge on any atom is 0.309 e. The Morgan fingerprint density at radius 1 is 1.29 bits per heavy atom. The normalized spacial score (nSPS) is 25.3. The molecule has 1 aliphatic heterocycles. The molecule has 0 aliphatic carbocycles. The summed E-state index contributed by atoms with van der Waals surface area (Å²) in [5.41, 5.74) is -0.338. The number of hydrogen-bond donors (Lipinski definition) is 0. The van der Waals surface area contributed by atoms with Crippen molar-refractivity contribution in [3.8, 4) is 0 Å². The van der Waals surface area contributed by atoms with E-state index in [2.05, 4.69) is 32.6 Å². The minimum absolute atomic E-state index is 0.0929. The maximum atomic E-state index is 11.4. The van der Waals surface area contributed by atoms with E-state index < -0.39 is 0 Å². The maximum absolute atomic E-state index is 11.4. The van der Waals surface area contributed by atoms with E-state index in [1.807, 2.05) is 6.92 Å². The van der Waals surface area contributed by atoms with Crippen molar-refractivity contribution in [1.82, 2.24) is 4.90 Å². The number of methoxy groups -OCH3 is 1. The third-order valence-electron chi connectivity index (χ3n) is 2.90. The lowest BCUT2D eigenvalue weighted by Crippen LogP contribution is -2.58. The molecule has 1 heterocycles. The Labute approximate surface area is 104 Å². The van der Waals surface area contributed by atoms with Gasteiger partial charge in [0.05, 0.1) is 24.2 Å². The van der Waals surface area contributed by atoms with Gasteiger partial charge in [-0.25, -0.2) is 0 Å². The average Bonchev–Trinajstić information content (AvgIpc) is 2.11. The van der Waals surface area contributed by atoms with E-state index >= 15 is 0 Å². The molecule has 17 heavy (non-hydrogen) atoms. The summed E-state index contributed by atoms with van der Waals surface area (Å²) in [7, 11) is 1.44. The van der Waals surface area contributed by atoms with Crippen LogP contribution in [0.1, 0.15) is 34.6 Å². The molecule has 100 valence electrons.